The molecular weight excluding hydrogens is 639 g/mol. The molecule has 0 radical (unpaired) electrons. The van der Waals surface area contributed by atoms with Crippen molar-refractivity contribution < 1.29 is 53.5 Å². The Morgan fingerprint density at radius 3 is 1.64 bits per heavy atom. The number of para-hydroxylation sites is 1. The van der Waals surface area contributed by atoms with Gasteiger partial charge in [0.25, 0.3) is 0 Å². The van der Waals surface area contributed by atoms with Crippen LogP contribution in [-0.2, 0) is 10.8 Å². The van der Waals surface area contributed by atoms with Crippen molar-refractivity contribution in [1.29, 1.82) is 0 Å². The van der Waals surface area contributed by atoms with Crippen molar-refractivity contribution >= 4 is 17.1 Å². The minimum Gasteiger partial charge on any atom is -0.309 e. The summed E-state index contributed by atoms with van der Waals surface area (Å²) in [4.78, 5) is 0.0857. The normalized spacial score (nSPS) is 25.0. The minimum atomic E-state index is -4.20. The maximum Gasteiger partial charge on any atom is 0.0714 e. The number of hydrogen-bond acceptors (Lipinski definition) is 1. The molecule has 0 aliphatic heterocycles. The number of rotatable bonds is 6. The van der Waals surface area contributed by atoms with Crippen molar-refractivity contribution in [3.8, 4) is 33.4 Å². The molecule has 0 fully saturated rings. The standard InChI is InChI=1S/C52H39N/c1-51(2)44-28-15-12-26-41(44)42-34-33-39(35-47(42)51)53(48-31-17-14-25-40(48)36-19-6-3-7-20-36)49-32-18-30-46-50(49)43-27-13-16-29-45(43)52(46,37-21-8-4-9-22-37)38-23-10-5-11-24-38/h3-35H,1-2H3/i1D3,2D3,3D,4D,5D,6D,7D,8D,9D,10D,11D,12D,13D,14D,15D,16D,17D,18D,19D,20D,21D,22D,23D,24D,25D,26D,27D,28D,29D,30D,31D,32D,33D,34D,35D. The Balaban J connectivity index is 1.65. The van der Waals surface area contributed by atoms with Gasteiger partial charge in [0.1, 0.15) is 0 Å². The summed E-state index contributed by atoms with van der Waals surface area (Å²) in [5.74, 6) is 0. The van der Waals surface area contributed by atoms with E-state index >= 15 is 0 Å². The molecule has 0 spiro atoms. The van der Waals surface area contributed by atoms with Crippen molar-refractivity contribution in [2.24, 2.45) is 0 Å². The third-order valence-electron chi connectivity index (χ3n) is 8.87. The Morgan fingerprint density at radius 1 is 0.415 bits per heavy atom. The highest BCUT2D eigenvalue weighted by molar-refractivity contribution is 6.00. The third-order valence-corrected chi connectivity index (χ3v) is 8.87. The molecule has 0 aromatic heterocycles. The topological polar surface area (TPSA) is 3.24 Å². The Morgan fingerprint density at radius 2 is 0.943 bits per heavy atom. The Kier molecular flexibility index (Phi) is 2.46. The van der Waals surface area contributed by atoms with E-state index in [0.29, 0.717) is 0 Å². The molecule has 0 saturated heterocycles. The van der Waals surface area contributed by atoms with Gasteiger partial charge in [-0.3, -0.25) is 0 Å². The summed E-state index contributed by atoms with van der Waals surface area (Å²) in [5, 5.41) is 0. The number of hydrogen-bond donors (Lipinski definition) is 0. The van der Waals surface area contributed by atoms with Gasteiger partial charge in [0.15, 0.2) is 0 Å². The lowest BCUT2D eigenvalue weighted by Crippen LogP contribution is -2.28. The summed E-state index contributed by atoms with van der Waals surface area (Å²) in [6, 6.07) is -44.9. The van der Waals surface area contributed by atoms with Crippen molar-refractivity contribution in [1.82, 2.24) is 0 Å². The van der Waals surface area contributed by atoms with Crippen LogP contribution in [0.3, 0.4) is 0 Å². The van der Waals surface area contributed by atoms with Crippen LogP contribution in [0.15, 0.2) is 199 Å². The quantitative estimate of drug-likeness (QED) is 0.166. The van der Waals surface area contributed by atoms with Gasteiger partial charge in [-0.05, 0) is 79.8 Å². The first-order chi connectivity index (χ1) is 42.3. The van der Waals surface area contributed by atoms with Gasteiger partial charge >= 0.3 is 0 Å². The second-order valence-electron chi connectivity index (χ2n) is 11.5. The van der Waals surface area contributed by atoms with E-state index in [1.54, 1.807) is 0 Å². The van der Waals surface area contributed by atoms with Gasteiger partial charge in [0.05, 0.1) is 62.0 Å². The molecule has 0 bridgehead atoms. The first-order valence-corrected chi connectivity index (χ1v) is 15.4. The van der Waals surface area contributed by atoms with E-state index in [1.807, 2.05) is 0 Å². The van der Waals surface area contributed by atoms with E-state index in [9.17, 15) is 26.0 Å². The molecule has 1 heteroatoms. The minimum absolute atomic E-state index is 0.0857. The van der Waals surface area contributed by atoms with E-state index in [2.05, 4.69) is 0 Å². The molecule has 252 valence electrons. The van der Waals surface area contributed by atoms with Crippen molar-refractivity contribution in [2.45, 2.75) is 24.5 Å². The van der Waals surface area contributed by atoms with E-state index in [4.69, 9.17) is 27.4 Å². The summed E-state index contributed by atoms with van der Waals surface area (Å²) in [6.45, 7) is -8.39. The molecule has 8 aromatic carbocycles. The molecule has 0 saturated carbocycles. The first-order valence-electron chi connectivity index (χ1n) is 34.9. The number of benzene rings is 8. The predicted molar refractivity (Wildman–Crippen MR) is 221 cm³/mol. The first kappa shape index (κ1) is 10.8. The molecule has 2 aliphatic rings. The average molecular weight is 717 g/mol. The van der Waals surface area contributed by atoms with E-state index < -0.39 is 308 Å². The zero-order chi connectivity index (χ0) is 69.3. The van der Waals surface area contributed by atoms with Crippen molar-refractivity contribution in [3.05, 3.63) is 233 Å². The van der Waals surface area contributed by atoms with Gasteiger partial charge in [0, 0.05) is 30.5 Å². The Labute approximate surface area is 367 Å². The fourth-order valence-corrected chi connectivity index (χ4v) is 6.74. The third kappa shape index (κ3) is 4.57. The second kappa shape index (κ2) is 12.1. The van der Waals surface area contributed by atoms with Crippen molar-refractivity contribution in [2.75, 3.05) is 4.90 Å². The maximum absolute atomic E-state index is 10.5. The van der Waals surface area contributed by atoms with Gasteiger partial charge in [0.2, 0.25) is 0 Å². The molecule has 0 amide bonds. The lowest BCUT2D eigenvalue weighted by molar-refractivity contribution is 0.660. The molecule has 0 heterocycles. The summed E-state index contributed by atoms with van der Waals surface area (Å²) in [5.41, 5.74) is -27.4. The van der Waals surface area contributed by atoms with Crippen LogP contribution >= 0.6 is 0 Å². The molecule has 0 N–H and O–H groups in total. The molecule has 1 nitrogen and oxygen atoms in total. The van der Waals surface area contributed by atoms with Crippen LogP contribution in [0.4, 0.5) is 17.1 Å². The smallest absolute Gasteiger partial charge is 0.0714 e. The van der Waals surface area contributed by atoms with Gasteiger partial charge in [-0.2, -0.15) is 0 Å². The van der Waals surface area contributed by atoms with Crippen LogP contribution in [0.1, 0.15) is 101 Å². The highest BCUT2D eigenvalue weighted by Gasteiger charge is 2.47. The van der Waals surface area contributed by atoms with Gasteiger partial charge in [-0.15, -0.1) is 0 Å². The average Bonchev–Trinajstić information content (AvgIpc) is 1.48. The van der Waals surface area contributed by atoms with E-state index in [1.165, 1.54) is 0 Å². The van der Waals surface area contributed by atoms with Gasteiger partial charge < -0.3 is 4.90 Å². The number of fused-ring (bicyclic) bond motifs is 6. The fourth-order valence-electron chi connectivity index (χ4n) is 6.74. The fraction of sp³-hybridized carbons (Fsp3) is 0.0769. The molecule has 10 rings (SSSR count). The number of anilines is 3. The summed E-state index contributed by atoms with van der Waals surface area (Å²) < 4.78 is 363. The molecule has 8 aromatic rings. The summed E-state index contributed by atoms with van der Waals surface area (Å²) in [6.07, 6.45) is 0. The zero-order valence-corrected chi connectivity index (χ0v) is 26.4. The molecular formula is C52H39N. The lowest BCUT2D eigenvalue weighted by Gasteiger charge is -2.35. The predicted octanol–water partition coefficient (Wildman–Crippen LogP) is 13.5. The van der Waals surface area contributed by atoms with Crippen molar-refractivity contribution in [3.63, 3.8) is 0 Å². The van der Waals surface area contributed by atoms with E-state index in [-0.39, 0.29) is 4.90 Å². The molecule has 53 heavy (non-hydrogen) atoms. The maximum atomic E-state index is 10.5. The second-order valence-corrected chi connectivity index (χ2v) is 11.5. The van der Waals surface area contributed by atoms with Crippen LogP contribution in [0.2, 0.25) is 0 Å². The van der Waals surface area contributed by atoms with Crippen LogP contribution in [0, 0.1) is 0 Å². The highest BCUT2D eigenvalue weighted by Crippen LogP contribution is 2.60. The SMILES string of the molecule is [2H]c1c([2H])c([2H])c(-c2c([2H])c([2H])c([2H])c([2H])c2N(c2c([2H])c([2H])c3c(c2[2H])C(C([2H])([2H])[2H])(C([2H])([2H])[2H])c2c([2H])c([2H])c([2H])c([2H])c2-3)c2c([2H])c([2H])c([2H])c3c2-c2c([2H])c([2H])c([2H])c([2H])c2C3(c2c([2H])c([2H])c([2H])c([2H])c2[2H])c2c([2H])c([2H])c([2H])c([2H])c2[2H])c([2H])c1[2H]. The van der Waals surface area contributed by atoms with Crippen LogP contribution < -0.4 is 4.90 Å². The largest absolute Gasteiger partial charge is 0.309 e. The highest BCUT2D eigenvalue weighted by atomic mass is 15.1. The summed E-state index contributed by atoms with van der Waals surface area (Å²) >= 11 is 0. The summed E-state index contributed by atoms with van der Waals surface area (Å²) in [7, 11) is 0. The number of nitrogens with zero attached hydrogens (tertiary/aromatic N) is 1. The molecule has 2 aliphatic carbocycles. The van der Waals surface area contributed by atoms with Crippen LogP contribution in [0.5, 0.6) is 0 Å². The molecule has 0 unspecified atom stereocenters. The van der Waals surface area contributed by atoms with Crippen LogP contribution in [0.25, 0.3) is 33.4 Å². The van der Waals surface area contributed by atoms with Crippen LogP contribution in [-0.4, -0.2) is 0 Å². The molecule has 0 atom stereocenters. The lowest BCUT2D eigenvalue weighted by atomic mass is 9.68. The van der Waals surface area contributed by atoms with Gasteiger partial charge in [-0.1, -0.05) is 189 Å². The zero-order valence-electron chi connectivity index (χ0n) is 65.4. The Bertz CT molecular complexity index is 4600. The van der Waals surface area contributed by atoms with Gasteiger partial charge in [-0.25, -0.2) is 0 Å². The monoisotopic (exact) mass is 717 g/mol. The Hall–Kier alpha value is -6.44. The van der Waals surface area contributed by atoms with E-state index in [0.717, 1.165) is 0 Å².